The quantitative estimate of drug-likeness (QED) is 0.288. The first kappa shape index (κ1) is 27.3. The Labute approximate surface area is 234 Å². The highest BCUT2D eigenvalue weighted by atomic mass is 16.2. The Morgan fingerprint density at radius 1 is 1.23 bits per heavy atom. The predicted molar refractivity (Wildman–Crippen MR) is 158 cm³/mol. The van der Waals surface area contributed by atoms with Crippen molar-refractivity contribution in [3.8, 4) is 0 Å². The predicted octanol–water partition coefficient (Wildman–Crippen LogP) is 4.42. The second-order valence-electron chi connectivity index (χ2n) is 10.4. The maximum Gasteiger partial charge on any atom is 0.242 e. The van der Waals surface area contributed by atoms with E-state index in [1.165, 1.54) is 10.5 Å². The molecule has 2 N–H and O–H groups in total. The van der Waals surface area contributed by atoms with Gasteiger partial charge in [0, 0.05) is 44.2 Å². The van der Waals surface area contributed by atoms with E-state index in [-0.39, 0.29) is 18.7 Å². The van der Waals surface area contributed by atoms with Crippen LogP contribution in [0.2, 0.25) is 0 Å². The summed E-state index contributed by atoms with van der Waals surface area (Å²) in [5.74, 6) is 1.12. The van der Waals surface area contributed by atoms with Crippen LogP contribution in [0.1, 0.15) is 55.3 Å². The van der Waals surface area contributed by atoms with Crippen LogP contribution in [0.5, 0.6) is 0 Å². The molecule has 2 amide bonds. The third-order valence-corrected chi connectivity index (χ3v) is 8.10. The van der Waals surface area contributed by atoms with Crippen LogP contribution in [0, 0.1) is 6.92 Å². The summed E-state index contributed by atoms with van der Waals surface area (Å²) in [4.78, 5) is 52.7. The number of aromatic nitrogens is 3. The summed E-state index contributed by atoms with van der Waals surface area (Å²) in [5.41, 5.74) is 5.67. The van der Waals surface area contributed by atoms with E-state index < -0.39 is 6.04 Å². The van der Waals surface area contributed by atoms with Gasteiger partial charge in [0.05, 0.1) is 11.4 Å². The van der Waals surface area contributed by atoms with Crippen molar-refractivity contribution in [2.45, 2.75) is 57.9 Å². The van der Waals surface area contributed by atoms with E-state index in [0.717, 1.165) is 77.6 Å². The number of nitrogens with one attached hydrogen (secondary N) is 2. The number of anilines is 2. The Morgan fingerprint density at radius 3 is 2.73 bits per heavy atom. The van der Waals surface area contributed by atoms with Gasteiger partial charge in [0.2, 0.25) is 12.3 Å². The van der Waals surface area contributed by atoms with Gasteiger partial charge in [-0.1, -0.05) is 31.2 Å². The van der Waals surface area contributed by atoms with Crippen LogP contribution in [0.4, 0.5) is 11.5 Å². The molecule has 0 bridgehead atoms. The maximum absolute atomic E-state index is 12.7. The van der Waals surface area contributed by atoms with Crippen LogP contribution in [0.15, 0.2) is 42.6 Å². The van der Waals surface area contributed by atoms with E-state index in [1.54, 1.807) is 7.05 Å². The lowest BCUT2D eigenvalue weighted by Gasteiger charge is -2.34. The van der Waals surface area contributed by atoms with Crippen LogP contribution in [-0.2, 0) is 20.8 Å². The number of fused-ring (bicyclic) bond motifs is 2. The summed E-state index contributed by atoms with van der Waals surface area (Å²) in [6.45, 7) is 5.91. The lowest BCUT2D eigenvalue weighted by atomic mass is 9.85. The summed E-state index contributed by atoms with van der Waals surface area (Å²) in [7, 11) is 1.54. The number of benzene rings is 2. The Balaban J connectivity index is 1.43. The number of carbonyl (C=O) groups is 3. The normalized spacial score (nSPS) is 14.8. The Bertz CT molecular complexity index is 1540. The molecular weight excluding hydrogens is 504 g/mol. The first-order chi connectivity index (χ1) is 19.5. The molecular formula is C31H36N6O3. The van der Waals surface area contributed by atoms with Crippen LogP contribution in [-0.4, -0.2) is 59.7 Å². The van der Waals surface area contributed by atoms with Gasteiger partial charge in [-0.25, -0.2) is 4.98 Å². The first-order valence-electron chi connectivity index (χ1n) is 14.0. The van der Waals surface area contributed by atoms with Crippen molar-refractivity contribution >= 4 is 52.0 Å². The van der Waals surface area contributed by atoms with Gasteiger partial charge in [-0.05, 0) is 61.1 Å². The van der Waals surface area contributed by atoms with Gasteiger partial charge in [-0.15, -0.1) is 0 Å². The van der Waals surface area contributed by atoms with E-state index in [1.807, 2.05) is 31.3 Å². The van der Waals surface area contributed by atoms with Crippen molar-refractivity contribution < 1.29 is 14.4 Å². The van der Waals surface area contributed by atoms with Crippen molar-refractivity contribution in [1.29, 1.82) is 0 Å². The van der Waals surface area contributed by atoms with Gasteiger partial charge >= 0.3 is 0 Å². The molecule has 40 heavy (non-hydrogen) atoms. The van der Waals surface area contributed by atoms with Gasteiger partial charge in [0.15, 0.2) is 5.65 Å². The highest BCUT2D eigenvalue weighted by Gasteiger charge is 2.29. The smallest absolute Gasteiger partial charge is 0.242 e. The molecule has 1 fully saturated rings. The zero-order valence-corrected chi connectivity index (χ0v) is 23.3. The molecule has 0 saturated carbocycles. The minimum Gasteiger partial charge on any atom is -0.358 e. The van der Waals surface area contributed by atoms with Crippen LogP contribution in [0.25, 0.3) is 21.9 Å². The molecule has 0 radical (unpaired) electrons. The molecule has 3 heterocycles. The molecule has 1 atom stereocenters. The lowest BCUT2D eigenvalue weighted by molar-refractivity contribution is -0.123. The number of nitrogens with zero attached hydrogens (tertiary/aromatic N) is 4. The molecule has 9 nitrogen and oxygen atoms in total. The van der Waals surface area contributed by atoms with Crippen molar-refractivity contribution in [1.82, 2.24) is 20.3 Å². The second-order valence-corrected chi connectivity index (χ2v) is 10.4. The Kier molecular flexibility index (Phi) is 8.09. The molecule has 1 aliphatic heterocycles. The standard InChI is InChI=1S/C31H36N6O3/c1-4-22-18-33-25-17-28(35-30(25)34-22)36-14-12-21(13-15-36)23-10-11-26(29-20(2)7-5-8-24(23)29)37(19-39)27(9-6-16-38)31(40)32-3/h5,7-8,10-11,16-19,21,27H,4,6,9,12-15H2,1-3H3,(H,32,40)(H,34,35). The fourth-order valence-corrected chi connectivity index (χ4v) is 5.94. The van der Waals surface area contributed by atoms with Crippen molar-refractivity contribution in [2.24, 2.45) is 0 Å². The molecule has 4 aromatic rings. The van der Waals surface area contributed by atoms with Gasteiger partial charge in [-0.3, -0.25) is 14.6 Å². The highest BCUT2D eigenvalue weighted by molar-refractivity contribution is 6.05. The second kappa shape index (κ2) is 11.9. The van der Waals surface area contributed by atoms with Gasteiger partial charge in [0.25, 0.3) is 0 Å². The van der Waals surface area contributed by atoms with E-state index >= 15 is 0 Å². The number of aromatic amines is 1. The fourth-order valence-electron chi connectivity index (χ4n) is 5.94. The molecule has 2 aromatic carbocycles. The number of likely N-dealkylation sites (N-methyl/N-ethyl adjacent to an activating group) is 1. The minimum atomic E-state index is -0.765. The van der Waals surface area contributed by atoms with Crippen molar-refractivity contribution in [3.05, 3.63) is 59.4 Å². The SMILES string of the molecule is CCc1cnc2cc(N3CCC(c4ccc(N(C=O)C(CCC=O)C(=O)NC)c5c(C)cccc45)CC3)[nH]c2n1. The lowest BCUT2D eigenvalue weighted by Crippen LogP contribution is -2.45. The number of hydrogen-bond donors (Lipinski definition) is 2. The molecule has 5 rings (SSSR count). The largest absolute Gasteiger partial charge is 0.358 e. The average molecular weight is 541 g/mol. The van der Waals surface area contributed by atoms with E-state index in [2.05, 4.69) is 50.3 Å². The number of H-pyrrole nitrogens is 1. The molecule has 1 unspecified atom stereocenters. The molecule has 1 saturated heterocycles. The third-order valence-electron chi connectivity index (χ3n) is 8.10. The number of carbonyl (C=O) groups excluding carboxylic acids is 3. The monoisotopic (exact) mass is 540 g/mol. The Morgan fingerprint density at radius 2 is 2.02 bits per heavy atom. The maximum atomic E-state index is 12.7. The van der Waals surface area contributed by atoms with Gasteiger partial charge in [-0.2, -0.15) is 0 Å². The summed E-state index contributed by atoms with van der Waals surface area (Å²) < 4.78 is 0. The molecule has 208 valence electrons. The molecule has 2 aromatic heterocycles. The van der Waals surface area contributed by atoms with Crippen molar-refractivity contribution in [2.75, 3.05) is 29.9 Å². The third kappa shape index (κ3) is 5.15. The summed E-state index contributed by atoms with van der Waals surface area (Å²) in [6.07, 6.45) is 6.60. The topological polar surface area (TPSA) is 111 Å². The van der Waals surface area contributed by atoms with Gasteiger partial charge in [0.1, 0.15) is 23.7 Å². The average Bonchev–Trinajstić information content (AvgIpc) is 3.42. The molecule has 1 aliphatic rings. The molecule has 9 heteroatoms. The van der Waals surface area contributed by atoms with E-state index in [0.29, 0.717) is 18.0 Å². The fraction of sp³-hybridized carbons (Fsp3) is 0.387. The number of aryl methyl sites for hydroxylation is 2. The van der Waals surface area contributed by atoms with E-state index in [4.69, 9.17) is 0 Å². The number of piperidine rings is 1. The van der Waals surface area contributed by atoms with Crippen LogP contribution < -0.4 is 15.1 Å². The zero-order chi connectivity index (χ0) is 28.2. The highest BCUT2D eigenvalue weighted by Crippen LogP contribution is 2.39. The zero-order valence-electron chi connectivity index (χ0n) is 23.3. The summed E-state index contributed by atoms with van der Waals surface area (Å²) in [5, 5.41) is 4.71. The summed E-state index contributed by atoms with van der Waals surface area (Å²) >= 11 is 0. The van der Waals surface area contributed by atoms with Crippen LogP contribution in [0.3, 0.4) is 0 Å². The number of amides is 2. The summed E-state index contributed by atoms with van der Waals surface area (Å²) in [6, 6.07) is 11.6. The van der Waals surface area contributed by atoms with E-state index in [9.17, 15) is 14.4 Å². The minimum absolute atomic E-state index is 0.193. The molecule has 0 aliphatic carbocycles. The number of aldehydes is 1. The number of hydrogen-bond acceptors (Lipinski definition) is 6. The first-order valence-corrected chi connectivity index (χ1v) is 14.0. The van der Waals surface area contributed by atoms with Crippen molar-refractivity contribution in [3.63, 3.8) is 0 Å². The molecule has 0 spiro atoms. The van der Waals surface area contributed by atoms with Gasteiger partial charge < -0.3 is 24.9 Å². The Hall–Kier alpha value is -4.27. The van der Waals surface area contributed by atoms with Crippen LogP contribution >= 0.6 is 0 Å². The number of rotatable bonds is 10.